The van der Waals surface area contributed by atoms with Crippen LogP contribution in [0.3, 0.4) is 0 Å². The van der Waals surface area contributed by atoms with Crippen LogP contribution in [0, 0.1) is 5.92 Å². The molecule has 1 aromatic carbocycles. The van der Waals surface area contributed by atoms with E-state index >= 15 is 0 Å². The molecule has 0 aliphatic carbocycles. The predicted molar refractivity (Wildman–Crippen MR) is 81.3 cm³/mol. The van der Waals surface area contributed by atoms with E-state index in [9.17, 15) is 0 Å². The largest absolute Gasteiger partial charge is 0.334 e. The number of thioether (sulfide) groups is 1. The summed E-state index contributed by atoms with van der Waals surface area (Å²) >= 11 is 11.2. The van der Waals surface area contributed by atoms with Crippen molar-refractivity contribution >= 4 is 50.1 Å². The van der Waals surface area contributed by atoms with Gasteiger partial charge in [-0.1, -0.05) is 30.3 Å². The molecule has 0 spiro atoms. The molecule has 2 unspecified atom stereocenters. The second kappa shape index (κ2) is 5.63. The highest BCUT2D eigenvalue weighted by molar-refractivity contribution is 9.10. The topological polar surface area (TPSA) is 24.4 Å². The third-order valence-electron chi connectivity index (χ3n) is 2.80. The third kappa shape index (κ3) is 3.39. The van der Waals surface area contributed by atoms with Crippen molar-refractivity contribution in [3.63, 3.8) is 0 Å². The van der Waals surface area contributed by atoms with Crippen LogP contribution < -0.4 is 5.32 Å². The van der Waals surface area contributed by atoms with Crippen LogP contribution in [0.15, 0.2) is 27.7 Å². The van der Waals surface area contributed by atoms with Gasteiger partial charge < -0.3 is 5.32 Å². The smallest absolute Gasteiger partial charge is 0.161 e. The van der Waals surface area contributed by atoms with Gasteiger partial charge in [0.05, 0.1) is 11.7 Å². The molecule has 0 saturated heterocycles. The van der Waals surface area contributed by atoms with E-state index in [0.29, 0.717) is 12.0 Å². The molecule has 1 N–H and O–H groups in total. The molecule has 0 saturated carbocycles. The van der Waals surface area contributed by atoms with E-state index < -0.39 is 0 Å². The van der Waals surface area contributed by atoms with Gasteiger partial charge >= 0.3 is 0 Å². The Morgan fingerprint density at radius 3 is 2.94 bits per heavy atom. The number of nitrogens with one attached hydrogen (secondary N) is 1. The number of nitrogens with zero attached hydrogens (tertiary/aromatic N) is 1. The first-order valence-electron chi connectivity index (χ1n) is 5.49. The van der Waals surface area contributed by atoms with Gasteiger partial charge in [0.2, 0.25) is 0 Å². The summed E-state index contributed by atoms with van der Waals surface area (Å²) in [6, 6.07) is 6.07. The molecule has 17 heavy (non-hydrogen) atoms. The van der Waals surface area contributed by atoms with Crippen molar-refractivity contribution in [3.05, 3.63) is 27.7 Å². The lowest BCUT2D eigenvalue weighted by Crippen LogP contribution is -2.25. The number of aliphatic imine (C=N–C) groups is 1. The summed E-state index contributed by atoms with van der Waals surface area (Å²) in [6.45, 7) is 4.38. The maximum Gasteiger partial charge on any atom is 0.161 e. The van der Waals surface area contributed by atoms with Crippen LogP contribution in [-0.2, 0) is 0 Å². The zero-order chi connectivity index (χ0) is 12.4. The van der Waals surface area contributed by atoms with Crippen LogP contribution in [0.5, 0.6) is 0 Å². The second-order valence-corrected chi connectivity index (χ2v) is 6.51. The molecule has 0 fully saturated rings. The van der Waals surface area contributed by atoms with Gasteiger partial charge in [0, 0.05) is 15.2 Å². The fourth-order valence-electron chi connectivity index (χ4n) is 1.48. The van der Waals surface area contributed by atoms with Gasteiger partial charge in [-0.25, -0.2) is 0 Å². The summed E-state index contributed by atoms with van der Waals surface area (Å²) < 4.78 is 0.997. The highest BCUT2D eigenvalue weighted by Gasteiger charge is 2.19. The fourth-order valence-corrected chi connectivity index (χ4v) is 3.12. The Balaban J connectivity index is 2.16. The molecule has 1 aliphatic rings. The zero-order valence-corrected chi connectivity index (χ0v) is 12.9. The van der Waals surface area contributed by atoms with Crippen LogP contribution in [-0.4, -0.2) is 17.0 Å². The summed E-state index contributed by atoms with van der Waals surface area (Å²) in [7, 11) is 0. The average Bonchev–Trinajstić information content (AvgIpc) is 2.29. The number of amidine groups is 1. The first-order valence-corrected chi connectivity index (χ1v) is 7.64. The normalized spacial score (nSPS) is 24.4. The van der Waals surface area contributed by atoms with Gasteiger partial charge in [0.1, 0.15) is 0 Å². The van der Waals surface area contributed by atoms with Gasteiger partial charge in [-0.05, 0) is 47.0 Å². The molecule has 0 amide bonds. The van der Waals surface area contributed by atoms with Gasteiger partial charge in [0.25, 0.3) is 0 Å². The SMILES string of the molecule is CC1CSC(Nc2cc(Cl)ccc2Br)=NC1C. The van der Waals surface area contributed by atoms with Crippen molar-refractivity contribution in [1.29, 1.82) is 0 Å². The van der Waals surface area contributed by atoms with Crippen molar-refractivity contribution in [2.24, 2.45) is 10.9 Å². The van der Waals surface area contributed by atoms with Gasteiger partial charge in [-0.3, -0.25) is 4.99 Å². The van der Waals surface area contributed by atoms with Crippen molar-refractivity contribution in [2.45, 2.75) is 19.9 Å². The highest BCUT2D eigenvalue weighted by atomic mass is 79.9. The minimum Gasteiger partial charge on any atom is -0.334 e. The molecular formula is C12H14BrClN2S. The molecular weight excluding hydrogens is 320 g/mol. The maximum atomic E-state index is 5.98. The van der Waals surface area contributed by atoms with E-state index in [-0.39, 0.29) is 0 Å². The summed E-state index contributed by atoms with van der Waals surface area (Å²) in [4.78, 5) is 4.63. The number of hydrogen-bond acceptors (Lipinski definition) is 3. The van der Waals surface area contributed by atoms with E-state index in [2.05, 4.69) is 40.1 Å². The van der Waals surface area contributed by atoms with Gasteiger partial charge in [-0.2, -0.15) is 0 Å². The van der Waals surface area contributed by atoms with Crippen LogP contribution in [0.1, 0.15) is 13.8 Å². The van der Waals surface area contributed by atoms with E-state index in [0.717, 1.165) is 26.1 Å². The summed E-state index contributed by atoms with van der Waals surface area (Å²) in [5, 5.41) is 5.01. The second-order valence-electron chi connectivity index (χ2n) is 4.21. The molecule has 0 aromatic heterocycles. The minimum atomic E-state index is 0.372. The Kier molecular flexibility index (Phi) is 4.39. The predicted octanol–water partition coefficient (Wildman–Crippen LogP) is 4.64. The molecule has 2 nitrogen and oxygen atoms in total. The Morgan fingerprint density at radius 1 is 1.47 bits per heavy atom. The highest BCUT2D eigenvalue weighted by Crippen LogP contribution is 2.29. The third-order valence-corrected chi connectivity index (χ3v) is 4.90. The summed E-state index contributed by atoms with van der Waals surface area (Å²) in [5.74, 6) is 1.74. The molecule has 92 valence electrons. The van der Waals surface area contributed by atoms with Crippen LogP contribution >= 0.6 is 39.3 Å². The number of halogens is 2. The van der Waals surface area contributed by atoms with Crippen molar-refractivity contribution < 1.29 is 0 Å². The molecule has 1 heterocycles. The molecule has 2 rings (SSSR count). The van der Waals surface area contributed by atoms with Crippen LogP contribution in [0.4, 0.5) is 5.69 Å². The molecule has 1 aliphatic heterocycles. The molecule has 1 aromatic rings. The number of hydrogen-bond donors (Lipinski definition) is 1. The molecule has 2 atom stereocenters. The Labute approximate surface area is 119 Å². The number of rotatable bonds is 1. The lowest BCUT2D eigenvalue weighted by Gasteiger charge is -2.24. The number of anilines is 1. The quantitative estimate of drug-likeness (QED) is 0.809. The van der Waals surface area contributed by atoms with Crippen LogP contribution in [0.2, 0.25) is 5.02 Å². The van der Waals surface area contributed by atoms with Crippen molar-refractivity contribution in [1.82, 2.24) is 0 Å². The maximum absolute atomic E-state index is 5.98. The minimum absolute atomic E-state index is 0.372. The van der Waals surface area contributed by atoms with Gasteiger partial charge in [0.15, 0.2) is 5.17 Å². The standard InChI is InChI=1S/C12H14BrClN2S/c1-7-6-17-12(15-8(7)2)16-11-5-9(14)3-4-10(11)13/h3-5,7-8H,6H2,1-2H3,(H,15,16). The molecule has 0 radical (unpaired) electrons. The fraction of sp³-hybridized carbons (Fsp3) is 0.417. The van der Waals surface area contributed by atoms with Crippen molar-refractivity contribution in [2.75, 3.05) is 11.1 Å². The Bertz CT molecular complexity index is 450. The summed E-state index contributed by atoms with van der Waals surface area (Å²) in [5.41, 5.74) is 0.963. The van der Waals surface area contributed by atoms with E-state index in [4.69, 9.17) is 11.6 Å². The zero-order valence-electron chi connectivity index (χ0n) is 9.71. The van der Waals surface area contributed by atoms with E-state index in [1.54, 1.807) is 11.8 Å². The van der Waals surface area contributed by atoms with Crippen molar-refractivity contribution in [3.8, 4) is 0 Å². The van der Waals surface area contributed by atoms with Crippen LogP contribution in [0.25, 0.3) is 0 Å². The monoisotopic (exact) mass is 332 g/mol. The van der Waals surface area contributed by atoms with E-state index in [1.807, 2.05) is 18.2 Å². The molecule has 0 bridgehead atoms. The lowest BCUT2D eigenvalue weighted by atomic mass is 10.1. The molecule has 5 heteroatoms. The van der Waals surface area contributed by atoms with Gasteiger partial charge in [-0.15, -0.1) is 0 Å². The lowest BCUT2D eigenvalue weighted by molar-refractivity contribution is 0.537. The first kappa shape index (κ1) is 13.2. The summed E-state index contributed by atoms with van der Waals surface area (Å²) in [6.07, 6.45) is 0. The Hall–Kier alpha value is -0.190. The van der Waals surface area contributed by atoms with E-state index in [1.165, 1.54) is 0 Å². The Morgan fingerprint density at radius 2 is 2.24 bits per heavy atom. The number of benzene rings is 1. The first-order chi connectivity index (χ1) is 8.06. The average molecular weight is 334 g/mol.